The van der Waals surface area contributed by atoms with Crippen molar-refractivity contribution in [3.05, 3.63) is 12.7 Å². The first kappa shape index (κ1) is 13.3. The molecule has 1 aliphatic rings. The zero-order valence-corrected chi connectivity index (χ0v) is 10.5. The van der Waals surface area contributed by atoms with Crippen LogP contribution in [-0.4, -0.2) is 11.6 Å². The van der Waals surface area contributed by atoms with Crippen molar-refractivity contribution in [2.45, 2.75) is 69.9 Å². The van der Waals surface area contributed by atoms with Gasteiger partial charge in [-0.15, -0.1) is 6.58 Å². The second-order valence-corrected chi connectivity index (χ2v) is 5.10. The number of hydrogen-bond donors (Lipinski definition) is 1. The van der Waals surface area contributed by atoms with Gasteiger partial charge in [0.05, 0.1) is 6.07 Å². The van der Waals surface area contributed by atoms with Gasteiger partial charge in [0.1, 0.15) is 5.54 Å². The summed E-state index contributed by atoms with van der Waals surface area (Å²) in [7, 11) is 0. The Labute approximate surface area is 99.7 Å². The molecule has 0 heterocycles. The van der Waals surface area contributed by atoms with Gasteiger partial charge in [-0.2, -0.15) is 5.26 Å². The van der Waals surface area contributed by atoms with Crippen LogP contribution in [0.2, 0.25) is 0 Å². The van der Waals surface area contributed by atoms with Gasteiger partial charge >= 0.3 is 0 Å². The smallest absolute Gasteiger partial charge is 0.104 e. The molecule has 1 rings (SSSR count). The van der Waals surface area contributed by atoms with E-state index in [1.165, 1.54) is 38.5 Å². The third-order valence-electron chi connectivity index (χ3n) is 3.47. The minimum absolute atomic E-state index is 0.372. The lowest BCUT2D eigenvalue weighted by molar-refractivity contribution is 0.336. The van der Waals surface area contributed by atoms with E-state index in [1.807, 2.05) is 13.0 Å². The van der Waals surface area contributed by atoms with Crippen LogP contribution in [0.5, 0.6) is 0 Å². The largest absolute Gasteiger partial charge is 0.297 e. The Morgan fingerprint density at radius 1 is 1.38 bits per heavy atom. The molecule has 0 aromatic carbocycles. The van der Waals surface area contributed by atoms with Gasteiger partial charge in [-0.25, -0.2) is 0 Å². The lowest BCUT2D eigenvalue weighted by Gasteiger charge is -2.28. The summed E-state index contributed by atoms with van der Waals surface area (Å²) in [6.07, 6.45) is 11.4. The highest BCUT2D eigenvalue weighted by Crippen LogP contribution is 2.21. The Balaban J connectivity index is 2.47. The van der Waals surface area contributed by atoms with Crippen LogP contribution in [0.4, 0.5) is 0 Å². The summed E-state index contributed by atoms with van der Waals surface area (Å²) in [5.41, 5.74) is -0.372. The van der Waals surface area contributed by atoms with Gasteiger partial charge in [0.25, 0.3) is 0 Å². The summed E-state index contributed by atoms with van der Waals surface area (Å²) in [4.78, 5) is 0. The topological polar surface area (TPSA) is 35.8 Å². The van der Waals surface area contributed by atoms with Crippen LogP contribution in [0.25, 0.3) is 0 Å². The van der Waals surface area contributed by atoms with Gasteiger partial charge < -0.3 is 0 Å². The first-order valence-corrected chi connectivity index (χ1v) is 6.50. The molecule has 1 N–H and O–H groups in total. The lowest BCUT2D eigenvalue weighted by atomic mass is 9.94. The summed E-state index contributed by atoms with van der Waals surface area (Å²) in [5, 5.41) is 12.8. The van der Waals surface area contributed by atoms with Gasteiger partial charge in [-0.3, -0.25) is 5.32 Å². The van der Waals surface area contributed by atoms with Crippen LogP contribution < -0.4 is 5.32 Å². The quantitative estimate of drug-likeness (QED) is 0.568. The van der Waals surface area contributed by atoms with Crippen LogP contribution in [0.3, 0.4) is 0 Å². The Kier molecular flexibility index (Phi) is 5.55. The number of rotatable bonds is 5. The first-order chi connectivity index (χ1) is 7.70. The molecule has 1 atom stereocenters. The van der Waals surface area contributed by atoms with Crippen molar-refractivity contribution in [3.8, 4) is 6.07 Å². The van der Waals surface area contributed by atoms with Gasteiger partial charge in [-0.1, -0.05) is 31.8 Å². The van der Waals surface area contributed by atoms with E-state index < -0.39 is 0 Å². The zero-order chi connectivity index (χ0) is 11.9. The van der Waals surface area contributed by atoms with Crippen molar-refractivity contribution in [1.29, 1.82) is 5.26 Å². The maximum Gasteiger partial charge on any atom is 0.104 e. The lowest BCUT2D eigenvalue weighted by Crippen LogP contribution is -2.47. The summed E-state index contributed by atoms with van der Waals surface area (Å²) >= 11 is 0. The number of nitrogens with zero attached hydrogens (tertiary/aromatic N) is 1. The third kappa shape index (κ3) is 4.37. The standard InChI is InChI=1S/C14H24N2/c1-3-4-11-14(2,12-15)16-13-9-7-5-6-8-10-13/h3,13,16H,1,4-11H2,2H3. The minimum atomic E-state index is -0.372. The summed E-state index contributed by atoms with van der Waals surface area (Å²) in [6, 6.07) is 2.96. The highest BCUT2D eigenvalue weighted by atomic mass is 15.0. The molecule has 1 unspecified atom stereocenters. The molecule has 16 heavy (non-hydrogen) atoms. The fourth-order valence-corrected chi connectivity index (χ4v) is 2.43. The normalized spacial score (nSPS) is 21.8. The van der Waals surface area contributed by atoms with Gasteiger partial charge in [-0.05, 0) is 32.6 Å². The number of nitriles is 1. The second-order valence-electron chi connectivity index (χ2n) is 5.10. The van der Waals surface area contributed by atoms with E-state index >= 15 is 0 Å². The molecule has 2 nitrogen and oxygen atoms in total. The molecule has 0 aliphatic heterocycles. The van der Waals surface area contributed by atoms with Crippen molar-refractivity contribution in [2.24, 2.45) is 0 Å². The van der Waals surface area contributed by atoms with Crippen molar-refractivity contribution in [2.75, 3.05) is 0 Å². The highest BCUT2D eigenvalue weighted by Gasteiger charge is 2.26. The average molecular weight is 220 g/mol. The molecule has 0 amide bonds. The van der Waals surface area contributed by atoms with Crippen LogP contribution in [0, 0.1) is 11.3 Å². The summed E-state index contributed by atoms with van der Waals surface area (Å²) < 4.78 is 0. The predicted molar refractivity (Wildman–Crippen MR) is 68.1 cm³/mol. The molecule has 2 heteroatoms. The molecule has 0 saturated heterocycles. The van der Waals surface area contributed by atoms with Gasteiger partial charge in [0.2, 0.25) is 0 Å². The first-order valence-electron chi connectivity index (χ1n) is 6.50. The highest BCUT2D eigenvalue weighted by molar-refractivity contribution is 5.05. The Bertz CT molecular complexity index is 246. The molecular formula is C14H24N2. The maximum atomic E-state index is 9.27. The van der Waals surface area contributed by atoms with Gasteiger partial charge in [0, 0.05) is 6.04 Å². The van der Waals surface area contributed by atoms with Crippen molar-refractivity contribution in [3.63, 3.8) is 0 Å². The Hall–Kier alpha value is -0.810. The second kappa shape index (κ2) is 6.70. The van der Waals surface area contributed by atoms with Crippen LogP contribution in [0.15, 0.2) is 12.7 Å². The molecule has 0 aromatic rings. The molecule has 1 aliphatic carbocycles. The molecule has 1 fully saturated rings. The average Bonchev–Trinajstić information content (AvgIpc) is 2.55. The van der Waals surface area contributed by atoms with E-state index in [1.54, 1.807) is 0 Å². The summed E-state index contributed by atoms with van der Waals surface area (Å²) in [5.74, 6) is 0. The zero-order valence-electron chi connectivity index (χ0n) is 10.5. The van der Waals surface area contributed by atoms with E-state index in [0.29, 0.717) is 6.04 Å². The van der Waals surface area contributed by atoms with Crippen LogP contribution in [0.1, 0.15) is 58.3 Å². The molecule has 0 bridgehead atoms. The van der Waals surface area contributed by atoms with Crippen LogP contribution >= 0.6 is 0 Å². The molecule has 90 valence electrons. The molecular weight excluding hydrogens is 196 g/mol. The van der Waals surface area contributed by atoms with E-state index in [0.717, 1.165) is 12.8 Å². The van der Waals surface area contributed by atoms with Crippen LogP contribution in [-0.2, 0) is 0 Å². The molecule has 1 saturated carbocycles. The number of nitrogens with one attached hydrogen (secondary N) is 1. The monoisotopic (exact) mass is 220 g/mol. The van der Waals surface area contributed by atoms with E-state index in [9.17, 15) is 5.26 Å². The fraction of sp³-hybridized carbons (Fsp3) is 0.786. The molecule has 0 aromatic heterocycles. The van der Waals surface area contributed by atoms with Crippen molar-refractivity contribution in [1.82, 2.24) is 5.32 Å². The Morgan fingerprint density at radius 3 is 2.50 bits per heavy atom. The predicted octanol–water partition coefficient (Wildman–Crippen LogP) is 3.55. The minimum Gasteiger partial charge on any atom is -0.297 e. The Morgan fingerprint density at radius 2 is 2.00 bits per heavy atom. The maximum absolute atomic E-state index is 9.27. The molecule has 0 spiro atoms. The number of allylic oxidation sites excluding steroid dienone is 1. The van der Waals surface area contributed by atoms with E-state index in [-0.39, 0.29) is 5.54 Å². The summed E-state index contributed by atoms with van der Waals surface area (Å²) in [6.45, 7) is 5.74. The third-order valence-corrected chi connectivity index (χ3v) is 3.47. The van der Waals surface area contributed by atoms with E-state index in [4.69, 9.17) is 0 Å². The fourth-order valence-electron chi connectivity index (χ4n) is 2.43. The molecule has 0 radical (unpaired) electrons. The van der Waals surface area contributed by atoms with E-state index in [2.05, 4.69) is 18.0 Å². The number of hydrogen-bond acceptors (Lipinski definition) is 2. The van der Waals surface area contributed by atoms with Crippen molar-refractivity contribution >= 4 is 0 Å². The van der Waals surface area contributed by atoms with Crippen molar-refractivity contribution < 1.29 is 0 Å². The van der Waals surface area contributed by atoms with Gasteiger partial charge in [0.15, 0.2) is 0 Å². The SMILES string of the molecule is C=CCCC(C)(C#N)NC1CCCCCC1.